The van der Waals surface area contributed by atoms with E-state index in [2.05, 4.69) is 12.0 Å². The Labute approximate surface area is 186 Å². The van der Waals surface area contributed by atoms with Crippen molar-refractivity contribution in [2.24, 2.45) is 40.9 Å². The van der Waals surface area contributed by atoms with E-state index in [4.69, 9.17) is 4.74 Å². The normalized spacial score (nSPS) is 46.8. The molecule has 172 valence electrons. The summed E-state index contributed by atoms with van der Waals surface area (Å²) in [6, 6.07) is 0. The van der Waals surface area contributed by atoms with Crippen LogP contribution in [0.4, 0.5) is 0 Å². The van der Waals surface area contributed by atoms with Gasteiger partial charge >= 0.3 is 0 Å². The van der Waals surface area contributed by atoms with Crippen LogP contribution in [-0.4, -0.2) is 39.5 Å². The maximum Gasteiger partial charge on any atom is 0.157 e. The molecular weight excluding hydrogens is 388 g/mol. The molecule has 0 aromatic carbocycles. The average molecular weight is 429 g/mol. The number of nitrogens with zero attached hydrogens (tertiary/aromatic N) is 2. The highest BCUT2D eigenvalue weighted by Crippen LogP contribution is 2.65. The van der Waals surface area contributed by atoms with Crippen LogP contribution < -0.4 is 0 Å². The molecule has 5 nitrogen and oxygen atoms in total. The third kappa shape index (κ3) is 3.51. The Balaban J connectivity index is 1.38. The van der Waals surface area contributed by atoms with Gasteiger partial charge in [-0.05, 0) is 100 Å². The highest BCUT2D eigenvalue weighted by Gasteiger charge is 2.62. The van der Waals surface area contributed by atoms with Crippen LogP contribution in [0.2, 0.25) is 0 Å². The fourth-order valence-corrected chi connectivity index (χ4v) is 8.75. The van der Waals surface area contributed by atoms with Gasteiger partial charge < -0.3 is 9.84 Å². The van der Waals surface area contributed by atoms with Crippen LogP contribution in [0, 0.1) is 47.8 Å². The molecule has 1 aromatic heterocycles. The number of carbonyl (C=O) groups excluding carboxylic acids is 1. The fourth-order valence-electron chi connectivity index (χ4n) is 8.75. The zero-order valence-corrected chi connectivity index (χ0v) is 19.7. The van der Waals surface area contributed by atoms with Gasteiger partial charge in [0.05, 0.1) is 24.4 Å². The third-order valence-electron chi connectivity index (χ3n) is 10.1. The molecule has 0 amide bonds. The summed E-state index contributed by atoms with van der Waals surface area (Å²) >= 11 is 0. The first-order chi connectivity index (χ1) is 14.7. The highest BCUT2D eigenvalue weighted by atomic mass is 16.5. The first-order valence-electron chi connectivity index (χ1n) is 12.5. The molecule has 4 aliphatic carbocycles. The van der Waals surface area contributed by atoms with Gasteiger partial charge in [0.1, 0.15) is 0 Å². The molecular formula is C26H40N2O3. The minimum Gasteiger partial charge on any atom is -0.390 e. The summed E-state index contributed by atoms with van der Waals surface area (Å²) in [6.45, 7) is 6.79. The molecule has 0 saturated heterocycles. The summed E-state index contributed by atoms with van der Waals surface area (Å²) in [5, 5.41) is 15.0. The SMILES string of the molecule is CO[C@@H]1C[C@H]2[C@@H](CC[C@@H]3C[C@](C)(O)CC[C@@H]32)[C@@H]2CC[C@H](C(=O)Cn3cc(C)cn3)[C@@]12C. The van der Waals surface area contributed by atoms with Gasteiger partial charge in [-0.2, -0.15) is 5.10 Å². The van der Waals surface area contributed by atoms with E-state index in [9.17, 15) is 9.90 Å². The lowest BCUT2D eigenvalue weighted by Gasteiger charge is -2.59. The van der Waals surface area contributed by atoms with E-state index in [0.717, 1.165) is 50.0 Å². The number of aromatic nitrogens is 2. The van der Waals surface area contributed by atoms with Crippen molar-refractivity contribution in [1.29, 1.82) is 0 Å². The molecule has 0 spiro atoms. The second-order valence-electron chi connectivity index (χ2n) is 11.8. The minimum atomic E-state index is -0.479. The van der Waals surface area contributed by atoms with Gasteiger partial charge in [-0.1, -0.05) is 6.92 Å². The number of hydrogen-bond donors (Lipinski definition) is 1. The van der Waals surface area contributed by atoms with Crippen LogP contribution in [0.1, 0.15) is 70.8 Å². The number of ketones is 1. The van der Waals surface area contributed by atoms with Gasteiger partial charge in [0.25, 0.3) is 0 Å². The van der Waals surface area contributed by atoms with Gasteiger partial charge in [0.2, 0.25) is 0 Å². The number of aliphatic hydroxyl groups is 1. The van der Waals surface area contributed by atoms with E-state index in [-0.39, 0.29) is 17.4 Å². The number of hydrogen-bond acceptors (Lipinski definition) is 4. The molecule has 9 atom stereocenters. The summed E-state index contributed by atoms with van der Waals surface area (Å²) in [4.78, 5) is 13.5. The van der Waals surface area contributed by atoms with Crippen LogP contribution in [-0.2, 0) is 16.1 Å². The Bertz CT molecular complexity index is 832. The van der Waals surface area contributed by atoms with Crippen LogP contribution in [0.15, 0.2) is 12.4 Å². The Kier molecular flexibility index (Phi) is 5.37. The molecule has 4 aliphatic rings. The van der Waals surface area contributed by atoms with Crippen molar-refractivity contribution in [3.63, 3.8) is 0 Å². The Morgan fingerprint density at radius 1 is 1.19 bits per heavy atom. The van der Waals surface area contributed by atoms with Crippen molar-refractivity contribution in [3.8, 4) is 0 Å². The number of carbonyl (C=O) groups is 1. The van der Waals surface area contributed by atoms with Gasteiger partial charge in [-0.25, -0.2) is 0 Å². The third-order valence-corrected chi connectivity index (χ3v) is 10.1. The van der Waals surface area contributed by atoms with E-state index >= 15 is 0 Å². The number of fused-ring (bicyclic) bond motifs is 5. The second kappa shape index (κ2) is 7.69. The predicted octanol–water partition coefficient (Wildman–Crippen LogP) is 4.41. The van der Waals surface area contributed by atoms with Crippen molar-refractivity contribution in [3.05, 3.63) is 18.0 Å². The standard InChI is InChI=1S/C26H40N2O3/c1-16-13-27-28(14-16)15-23(29)22-8-7-21-19-6-5-17-12-25(2,30)10-9-18(17)20(19)11-24(31-4)26(21,22)3/h13-14,17-22,24,30H,5-12,15H2,1-4H3/t17-,18+,19-,20-,21+,22-,24-,25-,26+/m1/s1. The fraction of sp³-hybridized carbons (Fsp3) is 0.846. The highest BCUT2D eigenvalue weighted by molar-refractivity contribution is 5.82. The lowest BCUT2D eigenvalue weighted by Crippen LogP contribution is -2.57. The second-order valence-corrected chi connectivity index (χ2v) is 11.8. The molecule has 1 N–H and O–H groups in total. The topological polar surface area (TPSA) is 64.3 Å². The Morgan fingerprint density at radius 2 is 2.00 bits per heavy atom. The molecule has 5 heteroatoms. The number of methoxy groups -OCH3 is 1. The van der Waals surface area contributed by atoms with Crippen LogP contribution >= 0.6 is 0 Å². The molecule has 1 heterocycles. The summed E-state index contributed by atoms with van der Waals surface area (Å²) < 4.78 is 7.99. The van der Waals surface area contributed by atoms with Crippen molar-refractivity contribution in [2.75, 3.05) is 7.11 Å². The van der Waals surface area contributed by atoms with Crippen LogP contribution in [0.5, 0.6) is 0 Å². The molecule has 0 bridgehead atoms. The Morgan fingerprint density at radius 3 is 2.71 bits per heavy atom. The van der Waals surface area contributed by atoms with Gasteiger partial charge in [0, 0.05) is 24.6 Å². The maximum atomic E-state index is 13.5. The van der Waals surface area contributed by atoms with Crippen molar-refractivity contribution < 1.29 is 14.6 Å². The molecule has 0 radical (unpaired) electrons. The molecule has 0 aliphatic heterocycles. The zero-order valence-electron chi connectivity index (χ0n) is 19.7. The quantitative estimate of drug-likeness (QED) is 0.772. The van der Waals surface area contributed by atoms with Gasteiger partial charge in [-0.3, -0.25) is 9.48 Å². The zero-order chi connectivity index (χ0) is 22.0. The van der Waals surface area contributed by atoms with Crippen LogP contribution in [0.3, 0.4) is 0 Å². The van der Waals surface area contributed by atoms with E-state index < -0.39 is 5.60 Å². The minimum absolute atomic E-state index is 0.0673. The smallest absolute Gasteiger partial charge is 0.157 e. The number of aryl methyl sites for hydroxylation is 1. The van der Waals surface area contributed by atoms with Crippen molar-refractivity contribution in [1.82, 2.24) is 9.78 Å². The first-order valence-corrected chi connectivity index (χ1v) is 12.5. The largest absolute Gasteiger partial charge is 0.390 e. The summed E-state index contributed by atoms with van der Waals surface area (Å²) in [6.07, 6.45) is 12.7. The molecule has 4 fully saturated rings. The van der Waals surface area contributed by atoms with E-state index in [1.807, 2.05) is 33.4 Å². The molecule has 0 unspecified atom stereocenters. The monoisotopic (exact) mass is 428 g/mol. The summed E-state index contributed by atoms with van der Waals surface area (Å²) in [5.41, 5.74) is 0.553. The van der Waals surface area contributed by atoms with E-state index in [1.54, 1.807) is 4.68 Å². The van der Waals surface area contributed by atoms with E-state index in [0.29, 0.717) is 36.0 Å². The van der Waals surface area contributed by atoms with Gasteiger partial charge in [-0.15, -0.1) is 0 Å². The number of ether oxygens (including phenoxy) is 1. The summed E-state index contributed by atoms with van der Waals surface area (Å²) in [5.74, 6) is 3.77. The van der Waals surface area contributed by atoms with Crippen LogP contribution in [0.25, 0.3) is 0 Å². The lowest BCUT2D eigenvalue weighted by molar-refractivity contribution is -0.165. The van der Waals surface area contributed by atoms with Crippen molar-refractivity contribution in [2.45, 2.75) is 90.4 Å². The molecule has 31 heavy (non-hydrogen) atoms. The molecule has 5 rings (SSSR count). The predicted molar refractivity (Wildman–Crippen MR) is 119 cm³/mol. The van der Waals surface area contributed by atoms with E-state index in [1.165, 1.54) is 12.8 Å². The molecule has 4 saturated carbocycles. The molecule has 1 aromatic rings. The van der Waals surface area contributed by atoms with Gasteiger partial charge in [0.15, 0.2) is 5.78 Å². The summed E-state index contributed by atoms with van der Waals surface area (Å²) in [7, 11) is 1.86. The van der Waals surface area contributed by atoms with Crippen molar-refractivity contribution >= 4 is 5.78 Å². The average Bonchev–Trinajstić information content (AvgIpc) is 3.28. The Hall–Kier alpha value is -1.20. The maximum absolute atomic E-state index is 13.5. The number of Topliss-reactive ketones (excluding diaryl/α,β-unsaturated/α-hetero) is 1. The number of rotatable bonds is 4. The first kappa shape index (κ1) is 21.6. The lowest BCUT2D eigenvalue weighted by atomic mass is 9.48.